The van der Waals surface area contributed by atoms with Crippen LogP contribution in [0.4, 0.5) is 8.78 Å². The highest BCUT2D eigenvalue weighted by Gasteiger charge is 2.03. The number of nitrogens with zero attached hydrogens (tertiary/aromatic N) is 1. The fourth-order valence-electron chi connectivity index (χ4n) is 0.472. The number of halogens is 2. The quantitative estimate of drug-likeness (QED) is 0.689. The highest BCUT2D eigenvalue weighted by atomic mass is 32.2. The number of alkyl halides is 2. The average molecular weight is 164 g/mol. The molecule has 0 spiro atoms. The molecule has 0 unspecified atom stereocenters. The Morgan fingerprint density at radius 1 is 1.70 bits per heavy atom. The van der Waals surface area contributed by atoms with Crippen molar-refractivity contribution in [1.82, 2.24) is 9.97 Å². The molecule has 0 radical (unpaired) electrons. The summed E-state index contributed by atoms with van der Waals surface area (Å²) in [6, 6.07) is 0. The first-order chi connectivity index (χ1) is 4.79. The van der Waals surface area contributed by atoms with Crippen molar-refractivity contribution >= 4 is 11.8 Å². The van der Waals surface area contributed by atoms with Crippen LogP contribution in [0.2, 0.25) is 0 Å². The van der Waals surface area contributed by atoms with E-state index < -0.39 is 6.43 Å². The number of hydrogen-bond acceptors (Lipinski definition) is 2. The molecular formula is C5H6F2N2S. The smallest absolute Gasteiger partial charge is 0.248 e. The minimum Gasteiger partial charge on any atom is -0.340 e. The number of hydrogen-bond donors (Lipinski definition) is 1. The van der Waals surface area contributed by atoms with Gasteiger partial charge >= 0.3 is 0 Å². The minimum atomic E-state index is -2.27. The van der Waals surface area contributed by atoms with Gasteiger partial charge in [0.25, 0.3) is 0 Å². The molecule has 1 aromatic rings. The van der Waals surface area contributed by atoms with Crippen LogP contribution in [0.15, 0.2) is 17.6 Å². The van der Waals surface area contributed by atoms with Crippen LogP contribution in [0.25, 0.3) is 0 Å². The first-order valence-corrected chi connectivity index (χ1v) is 3.68. The van der Waals surface area contributed by atoms with Gasteiger partial charge in [-0.3, -0.25) is 0 Å². The Balaban J connectivity index is 2.28. The number of imidazole rings is 1. The fourth-order valence-corrected chi connectivity index (χ4v) is 1.04. The summed E-state index contributed by atoms with van der Waals surface area (Å²) in [5, 5.41) is 0.542. The highest BCUT2D eigenvalue weighted by molar-refractivity contribution is 7.99. The molecule has 0 aromatic carbocycles. The standard InChI is InChI=1S/C5H6F2N2S/c6-4(7)3-10-5-8-1-2-9-5/h1-2,4H,3H2,(H,8,9). The van der Waals surface area contributed by atoms with Crippen molar-refractivity contribution in [1.29, 1.82) is 0 Å². The second kappa shape index (κ2) is 3.55. The monoisotopic (exact) mass is 164 g/mol. The van der Waals surface area contributed by atoms with Crippen LogP contribution in [-0.4, -0.2) is 22.1 Å². The molecule has 1 heterocycles. The van der Waals surface area contributed by atoms with Crippen LogP contribution < -0.4 is 0 Å². The predicted molar refractivity (Wildman–Crippen MR) is 35.3 cm³/mol. The van der Waals surface area contributed by atoms with E-state index in [1.807, 2.05) is 0 Å². The van der Waals surface area contributed by atoms with Gasteiger partial charge in [-0.05, 0) is 0 Å². The van der Waals surface area contributed by atoms with Crippen molar-refractivity contribution in [3.05, 3.63) is 12.4 Å². The van der Waals surface area contributed by atoms with Crippen LogP contribution in [0.3, 0.4) is 0 Å². The number of rotatable bonds is 3. The maximum atomic E-state index is 11.6. The van der Waals surface area contributed by atoms with Crippen LogP contribution in [-0.2, 0) is 0 Å². The summed E-state index contributed by atoms with van der Waals surface area (Å²) in [5.41, 5.74) is 0. The lowest BCUT2D eigenvalue weighted by Crippen LogP contribution is -1.93. The molecule has 0 aliphatic rings. The molecule has 0 aliphatic heterocycles. The van der Waals surface area contributed by atoms with Gasteiger partial charge < -0.3 is 4.98 Å². The summed E-state index contributed by atoms with van der Waals surface area (Å²) in [5.74, 6) is -0.201. The van der Waals surface area contributed by atoms with Crippen molar-refractivity contribution in [2.24, 2.45) is 0 Å². The van der Waals surface area contributed by atoms with Crippen molar-refractivity contribution in [3.63, 3.8) is 0 Å². The van der Waals surface area contributed by atoms with Gasteiger partial charge in [-0.1, -0.05) is 11.8 Å². The van der Waals surface area contributed by atoms with Gasteiger partial charge in [-0.15, -0.1) is 0 Å². The molecule has 0 bridgehead atoms. The largest absolute Gasteiger partial charge is 0.340 e. The zero-order valence-corrected chi connectivity index (χ0v) is 5.87. The Bertz CT molecular complexity index is 176. The van der Waals surface area contributed by atoms with Crippen molar-refractivity contribution in [2.75, 3.05) is 5.75 Å². The van der Waals surface area contributed by atoms with E-state index in [0.717, 1.165) is 11.8 Å². The summed E-state index contributed by atoms with van der Waals surface area (Å²) in [6.07, 6.45) is 0.872. The van der Waals surface area contributed by atoms with E-state index in [0.29, 0.717) is 5.16 Å². The van der Waals surface area contributed by atoms with Crippen LogP contribution in [0, 0.1) is 0 Å². The van der Waals surface area contributed by atoms with Crippen LogP contribution in [0.1, 0.15) is 0 Å². The number of thioether (sulfide) groups is 1. The maximum absolute atomic E-state index is 11.6. The third kappa shape index (κ3) is 2.34. The Morgan fingerprint density at radius 3 is 3.00 bits per heavy atom. The van der Waals surface area contributed by atoms with Gasteiger partial charge in [0.15, 0.2) is 5.16 Å². The van der Waals surface area contributed by atoms with E-state index >= 15 is 0 Å². The average Bonchev–Trinajstić information content (AvgIpc) is 2.34. The first-order valence-electron chi connectivity index (χ1n) is 2.69. The molecule has 5 heteroatoms. The van der Waals surface area contributed by atoms with Gasteiger partial charge in [0.2, 0.25) is 6.43 Å². The first kappa shape index (κ1) is 7.53. The normalized spacial score (nSPS) is 10.7. The highest BCUT2D eigenvalue weighted by Crippen LogP contribution is 2.14. The van der Waals surface area contributed by atoms with Gasteiger partial charge in [-0.25, -0.2) is 13.8 Å². The zero-order chi connectivity index (χ0) is 7.40. The molecule has 1 N–H and O–H groups in total. The molecule has 10 heavy (non-hydrogen) atoms. The summed E-state index contributed by atoms with van der Waals surface area (Å²) < 4.78 is 23.1. The molecule has 56 valence electrons. The zero-order valence-electron chi connectivity index (χ0n) is 5.05. The predicted octanol–water partition coefficient (Wildman–Crippen LogP) is 1.77. The number of aromatic amines is 1. The molecular weight excluding hydrogens is 158 g/mol. The molecule has 0 fully saturated rings. The summed E-state index contributed by atoms with van der Waals surface area (Å²) in [6.45, 7) is 0. The lowest BCUT2D eigenvalue weighted by Gasteiger charge is -1.93. The fraction of sp³-hybridized carbons (Fsp3) is 0.400. The third-order valence-corrected chi connectivity index (χ3v) is 1.73. The molecule has 0 aliphatic carbocycles. The van der Waals surface area contributed by atoms with Crippen molar-refractivity contribution < 1.29 is 8.78 Å². The molecule has 1 rings (SSSR count). The van der Waals surface area contributed by atoms with Crippen molar-refractivity contribution in [2.45, 2.75) is 11.6 Å². The van der Waals surface area contributed by atoms with E-state index in [1.54, 1.807) is 6.20 Å². The van der Waals surface area contributed by atoms with Crippen molar-refractivity contribution in [3.8, 4) is 0 Å². The van der Waals surface area contributed by atoms with Gasteiger partial charge in [-0.2, -0.15) is 0 Å². The molecule has 1 aromatic heterocycles. The number of nitrogens with one attached hydrogen (secondary N) is 1. The number of H-pyrrole nitrogens is 1. The Kier molecular flexibility index (Phi) is 2.68. The molecule has 2 nitrogen and oxygen atoms in total. The van der Waals surface area contributed by atoms with Gasteiger partial charge in [0, 0.05) is 12.4 Å². The SMILES string of the molecule is FC(F)CSc1ncc[nH]1. The second-order valence-electron chi connectivity index (χ2n) is 1.60. The topological polar surface area (TPSA) is 28.7 Å². The Hall–Kier alpha value is -0.580. The molecule has 0 saturated carbocycles. The van der Waals surface area contributed by atoms with E-state index in [4.69, 9.17) is 0 Å². The summed E-state index contributed by atoms with van der Waals surface area (Å²) in [4.78, 5) is 6.47. The van der Waals surface area contributed by atoms with Crippen LogP contribution in [0.5, 0.6) is 0 Å². The van der Waals surface area contributed by atoms with E-state index in [-0.39, 0.29) is 5.75 Å². The summed E-state index contributed by atoms with van der Waals surface area (Å²) >= 11 is 1.02. The molecule has 0 atom stereocenters. The molecule has 0 amide bonds. The van der Waals surface area contributed by atoms with Gasteiger partial charge in [0.1, 0.15) is 0 Å². The van der Waals surface area contributed by atoms with E-state index in [9.17, 15) is 8.78 Å². The Labute approximate surface area is 61.0 Å². The number of aromatic nitrogens is 2. The van der Waals surface area contributed by atoms with Crippen LogP contribution >= 0.6 is 11.8 Å². The second-order valence-corrected chi connectivity index (χ2v) is 2.61. The van der Waals surface area contributed by atoms with E-state index in [2.05, 4.69) is 9.97 Å². The van der Waals surface area contributed by atoms with Gasteiger partial charge in [0.05, 0.1) is 5.75 Å². The lowest BCUT2D eigenvalue weighted by atomic mass is 10.9. The lowest BCUT2D eigenvalue weighted by molar-refractivity contribution is 0.176. The third-order valence-electron chi connectivity index (χ3n) is 0.819. The van der Waals surface area contributed by atoms with E-state index in [1.165, 1.54) is 6.20 Å². The maximum Gasteiger partial charge on any atom is 0.248 e. The molecule has 0 saturated heterocycles. The summed E-state index contributed by atoms with van der Waals surface area (Å²) in [7, 11) is 0. The minimum absolute atomic E-state index is 0.201. The Morgan fingerprint density at radius 2 is 2.50 bits per heavy atom.